The summed E-state index contributed by atoms with van der Waals surface area (Å²) in [5.41, 5.74) is 0.987. The summed E-state index contributed by atoms with van der Waals surface area (Å²) in [5.74, 6) is -0.382. The summed E-state index contributed by atoms with van der Waals surface area (Å²) in [4.78, 5) is 40.4. The summed E-state index contributed by atoms with van der Waals surface area (Å²) in [5, 5.41) is 2.58. The lowest BCUT2D eigenvalue weighted by molar-refractivity contribution is -0.131. The van der Waals surface area contributed by atoms with Crippen molar-refractivity contribution in [3.63, 3.8) is 0 Å². The second kappa shape index (κ2) is 8.61. The number of carbonyl (C=O) groups is 3. The fraction of sp³-hybridized carbons (Fsp3) is 0.409. The molecule has 4 rings (SSSR count). The van der Waals surface area contributed by atoms with Gasteiger partial charge in [0.15, 0.2) is 5.76 Å². The number of hydrogen-bond donors (Lipinski definition) is 1. The Hall–Kier alpha value is -3.29. The Morgan fingerprint density at radius 2 is 1.83 bits per heavy atom. The number of benzene rings is 1. The first-order chi connectivity index (χ1) is 14.5. The average Bonchev–Trinajstić information content (AvgIpc) is 3.41. The zero-order valence-electron chi connectivity index (χ0n) is 16.8. The van der Waals surface area contributed by atoms with Crippen LogP contribution in [0.4, 0.5) is 4.79 Å². The van der Waals surface area contributed by atoms with Crippen molar-refractivity contribution < 1.29 is 23.5 Å². The number of carbonyl (C=O) groups excluding carboxylic acids is 3. The molecule has 1 aromatic heterocycles. The number of ether oxygens (including phenoxy) is 1. The summed E-state index contributed by atoms with van der Waals surface area (Å²) in [6.45, 7) is 2.99. The van der Waals surface area contributed by atoms with Crippen molar-refractivity contribution >= 4 is 17.9 Å². The van der Waals surface area contributed by atoms with E-state index in [2.05, 4.69) is 5.32 Å². The minimum Gasteiger partial charge on any atom is -0.459 e. The third-order valence-electron chi connectivity index (χ3n) is 5.80. The van der Waals surface area contributed by atoms with E-state index in [0.29, 0.717) is 25.9 Å². The van der Waals surface area contributed by atoms with Gasteiger partial charge in [0.05, 0.1) is 18.8 Å². The molecule has 1 N–H and O–H groups in total. The van der Waals surface area contributed by atoms with Crippen LogP contribution in [0, 0.1) is 0 Å². The highest BCUT2D eigenvalue weighted by Crippen LogP contribution is 2.35. The predicted octanol–water partition coefficient (Wildman–Crippen LogP) is 2.58. The molecule has 1 aromatic carbocycles. The monoisotopic (exact) mass is 411 g/mol. The lowest BCUT2D eigenvalue weighted by Gasteiger charge is -2.37. The number of cyclic esters (lactones) is 1. The number of nitrogens with zero attached hydrogens (tertiary/aromatic N) is 2. The van der Waals surface area contributed by atoms with E-state index < -0.39 is 5.91 Å². The molecule has 8 heteroatoms. The molecule has 2 fully saturated rings. The molecule has 0 radical (unpaired) electrons. The van der Waals surface area contributed by atoms with Crippen LogP contribution < -0.4 is 5.32 Å². The molecule has 8 nitrogen and oxygen atoms in total. The largest absolute Gasteiger partial charge is 0.459 e. The van der Waals surface area contributed by atoms with E-state index in [1.807, 2.05) is 42.2 Å². The quantitative estimate of drug-likeness (QED) is 0.817. The molecule has 2 aliphatic rings. The Labute approximate surface area is 174 Å². The molecule has 30 heavy (non-hydrogen) atoms. The Kier molecular flexibility index (Phi) is 5.74. The van der Waals surface area contributed by atoms with E-state index in [4.69, 9.17) is 9.15 Å². The zero-order valence-corrected chi connectivity index (χ0v) is 16.8. The van der Waals surface area contributed by atoms with Gasteiger partial charge in [-0.1, -0.05) is 30.3 Å². The molecule has 0 bridgehead atoms. The van der Waals surface area contributed by atoms with Crippen molar-refractivity contribution in [2.45, 2.75) is 38.0 Å². The van der Waals surface area contributed by atoms with Crippen LogP contribution in [0.15, 0.2) is 53.1 Å². The van der Waals surface area contributed by atoms with Gasteiger partial charge in [-0.2, -0.15) is 0 Å². The molecule has 0 aliphatic carbocycles. The number of furan rings is 1. The van der Waals surface area contributed by atoms with E-state index in [9.17, 15) is 14.4 Å². The minimum atomic E-state index is -0.413. The lowest BCUT2D eigenvalue weighted by Crippen LogP contribution is -2.50. The van der Waals surface area contributed by atoms with E-state index in [1.165, 1.54) is 6.26 Å². The van der Waals surface area contributed by atoms with E-state index in [1.54, 1.807) is 17.0 Å². The maximum Gasteiger partial charge on any atom is 0.411 e. The highest BCUT2D eigenvalue weighted by molar-refractivity contribution is 5.94. The first-order valence-corrected chi connectivity index (χ1v) is 10.2. The molecular formula is C22H25N3O5. The van der Waals surface area contributed by atoms with Crippen LogP contribution in [0.2, 0.25) is 0 Å². The third-order valence-corrected chi connectivity index (χ3v) is 5.80. The van der Waals surface area contributed by atoms with Crippen LogP contribution >= 0.6 is 0 Å². The van der Waals surface area contributed by atoms with Gasteiger partial charge >= 0.3 is 6.09 Å². The Balaban J connectivity index is 1.29. The summed E-state index contributed by atoms with van der Waals surface area (Å²) >= 11 is 0. The van der Waals surface area contributed by atoms with Gasteiger partial charge in [-0.3, -0.25) is 14.5 Å². The maximum absolute atomic E-state index is 12.5. The summed E-state index contributed by atoms with van der Waals surface area (Å²) < 4.78 is 10.7. The molecule has 2 aromatic rings. The number of piperidine rings is 1. The molecule has 0 saturated carbocycles. The molecule has 158 valence electrons. The molecule has 2 atom stereocenters. The summed E-state index contributed by atoms with van der Waals surface area (Å²) in [6, 6.07) is 12.9. The van der Waals surface area contributed by atoms with Crippen molar-refractivity contribution in [2.75, 3.05) is 19.6 Å². The van der Waals surface area contributed by atoms with Gasteiger partial charge in [0.2, 0.25) is 5.91 Å². The molecule has 2 saturated heterocycles. The fourth-order valence-electron chi connectivity index (χ4n) is 4.21. The third kappa shape index (κ3) is 4.03. The van der Waals surface area contributed by atoms with Gasteiger partial charge in [0.25, 0.3) is 5.91 Å². The molecule has 2 aliphatic heterocycles. The normalized spacial score (nSPS) is 22.1. The molecule has 3 heterocycles. The summed E-state index contributed by atoms with van der Waals surface area (Å²) in [6.07, 6.45) is 2.19. The van der Waals surface area contributed by atoms with Gasteiger partial charge < -0.3 is 19.4 Å². The van der Waals surface area contributed by atoms with Crippen molar-refractivity contribution in [1.82, 2.24) is 15.1 Å². The fourth-order valence-corrected chi connectivity index (χ4v) is 4.21. The minimum absolute atomic E-state index is 0.0305. The summed E-state index contributed by atoms with van der Waals surface area (Å²) in [7, 11) is 0. The van der Waals surface area contributed by atoms with Crippen LogP contribution in [0.25, 0.3) is 0 Å². The van der Waals surface area contributed by atoms with Gasteiger partial charge in [-0.25, -0.2) is 4.79 Å². The number of nitrogens with one attached hydrogen (secondary N) is 1. The molecule has 0 spiro atoms. The first-order valence-electron chi connectivity index (χ1n) is 10.2. The standard InChI is InChI=1S/C22H25N3O5/c1-15-20(16-6-3-2-4-7-16)30-22(28)25(15)17-9-11-24(12-10-17)19(26)14-23-21(27)18-8-5-13-29-18/h2-8,13,15,17,20H,9-12,14H2,1H3,(H,23,27)/t15-,20-/m1/s1. The average molecular weight is 411 g/mol. The smallest absolute Gasteiger partial charge is 0.411 e. The second-order valence-corrected chi connectivity index (χ2v) is 7.63. The van der Waals surface area contributed by atoms with Gasteiger partial charge in [-0.05, 0) is 37.5 Å². The Bertz CT molecular complexity index is 891. The van der Waals surface area contributed by atoms with Crippen LogP contribution in [-0.2, 0) is 9.53 Å². The zero-order chi connectivity index (χ0) is 21.1. The molecular weight excluding hydrogens is 386 g/mol. The predicted molar refractivity (Wildman–Crippen MR) is 108 cm³/mol. The van der Waals surface area contributed by atoms with E-state index >= 15 is 0 Å². The van der Waals surface area contributed by atoms with Crippen LogP contribution in [0.5, 0.6) is 0 Å². The van der Waals surface area contributed by atoms with Crippen molar-refractivity contribution in [3.8, 4) is 0 Å². The van der Waals surface area contributed by atoms with Gasteiger partial charge in [0.1, 0.15) is 6.10 Å². The Morgan fingerprint density at radius 3 is 2.50 bits per heavy atom. The maximum atomic E-state index is 12.5. The van der Waals surface area contributed by atoms with Gasteiger partial charge in [-0.15, -0.1) is 0 Å². The molecule has 3 amide bonds. The topological polar surface area (TPSA) is 92.1 Å². The highest BCUT2D eigenvalue weighted by atomic mass is 16.6. The van der Waals surface area contributed by atoms with Crippen molar-refractivity contribution in [2.24, 2.45) is 0 Å². The number of hydrogen-bond acceptors (Lipinski definition) is 5. The van der Waals surface area contributed by atoms with Crippen molar-refractivity contribution in [1.29, 1.82) is 0 Å². The molecule has 0 unspecified atom stereocenters. The van der Waals surface area contributed by atoms with Gasteiger partial charge in [0, 0.05) is 19.1 Å². The van der Waals surface area contributed by atoms with Crippen molar-refractivity contribution in [3.05, 3.63) is 60.1 Å². The second-order valence-electron chi connectivity index (χ2n) is 7.63. The lowest BCUT2D eigenvalue weighted by atomic mass is 9.98. The van der Waals surface area contributed by atoms with E-state index in [0.717, 1.165) is 5.56 Å². The number of likely N-dealkylation sites (tertiary alicyclic amines) is 1. The number of rotatable bonds is 5. The van der Waals surface area contributed by atoms with Crippen LogP contribution in [-0.4, -0.2) is 59.4 Å². The van der Waals surface area contributed by atoms with Crippen LogP contribution in [0.3, 0.4) is 0 Å². The van der Waals surface area contributed by atoms with E-state index in [-0.39, 0.29) is 42.5 Å². The highest BCUT2D eigenvalue weighted by Gasteiger charge is 2.44. The first kappa shape index (κ1) is 20.0. The Morgan fingerprint density at radius 1 is 1.10 bits per heavy atom. The van der Waals surface area contributed by atoms with Crippen LogP contribution in [0.1, 0.15) is 42.0 Å². The number of amides is 3. The SMILES string of the molecule is C[C@@H]1[C@H](c2ccccc2)OC(=O)N1C1CCN(C(=O)CNC(=O)c2ccco2)CC1.